The number of benzene rings is 2. The first kappa shape index (κ1) is 20.9. The number of ether oxygens (including phenoxy) is 1. The Hall–Kier alpha value is -2.94. The van der Waals surface area contributed by atoms with E-state index in [1.54, 1.807) is 18.2 Å². The lowest BCUT2D eigenvalue weighted by molar-refractivity contribution is -0.119. The Balaban J connectivity index is 1.35. The van der Waals surface area contributed by atoms with Crippen molar-refractivity contribution in [3.63, 3.8) is 0 Å². The van der Waals surface area contributed by atoms with Gasteiger partial charge in [-0.3, -0.25) is 19.3 Å². The fraction of sp³-hybridized carbons (Fsp3) is 0.273. The third-order valence-corrected chi connectivity index (χ3v) is 6.45. The number of fused-ring (bicyclic) bond motifs is 2. The van der Waals surface area contributed by atoms with Crippen LogP contribution in [0.15, 0.2) is 30.3 Å². The number of carbonyl (C=O) groups excluding carboxylic acids is 3. The molecule has 0 spiro atoms. The van der Waals surface area contributed by atoms with Gasteiger partial charge in [-0.15, -0.1) is 0 Å². The van der Waals surface area contributed by atoms with Crippen LogP contribution in [-0.4, -0.2) is 45.2 Å². The van der Waals surface area contributed by atoms with Gasteiger partial charge in [0.15, 0.2) is 0 Å². The van der Waals surface area contributed by atoms with Gasteiger partial charge in [0.1, 0.15) is 18.0 Å². The number of carbonyl (C=O) groups is 3. The number of aromatic amines is 1. The molecule has 164 valence electrons. The molecule has 3 amide bonds. The van der Waals surface area contributed by atoms with Crippen LogP contribution in [0.25, 0.3) is 11.0 Å². The van der Waals surface area contributed by atoms with Gasteiger partial charge >= 0.3 is 0 Å². The highest BCUT2D eigenvalue weighted by Crippen LogP contribution is 2.33. The molecule has 8 nitrogen and oxygen atoms in total. The van der Waals surface area contributed by atoms with E-state index >= 15 is 0 Å². The van der Waals surface area contributed by atoms with Gasteiger partial charge in [-0.25, -0.2) is 4.98 Å². The molecule has 5 rings (SSSR count). The van der Waals surface area contributed by atoms with Crippen molar-refractivity contribution >= 4 is 57.6 Å². The molecule has 1 saturated heterocycles. The Kier molecular flexibility index (Phi) is 5.16. The van der Waals surface area contributed by atoms with E-state index in [0.717, 1.165) is 41.2 Å². The van der Waals surface area contributed by atoms with Crippen molar-refractivity contribution in [3.8, 4) is 0 Å². The molecule has 3 heterocycles. The van der Waals surface area contributed by atoms with E-state index in [2.05, 4.69) is 15.3 Å². The van der Waals surface area contributed by atoms with Crippen LogP contribution in [0.1, 0.15) is 52.4 Å². The molecular weight excluding hydrogens is 455 g/mol. The molecule has 0 saturated carbocycles. The molecule has 2 aromatic carbocycles. The molecular formula is C22H18Cl2N4O4. The van der Waals surface area contributed by atoms with Crippen LogP contribution in [0.5, 0.6) is 0 Å². The summed E-state index contributed by atoms with van der Waals surface area (Å²) in [4.78, 5) is 47.1. The minimum atomic E-state index is -1.04. The molecule has 2 unspecified atom stereocenters. The lowest BCUT2D eigenvalue weighted by atomic mass is 10.1. The standard InChI is InChI=1S/C22H18Cl2N4O4/c1-10(28-21(30)12-8-14(23)15(24)9-13(12)22(28)31)20(29)25-11-4-5-16-17(7-11)27-19(26-16)18-3-2-6-32-18/h4-5,7-10,18H,2-3,6H2,1H3,(H,25,29)(H,26,27). The highest BCUT2D eigenvalue weighted by molar-refractivity contribution is 6.43. The summed E-state index contributed by atoms with van der Waals surface area (Å²) in [5, 5.41) is 3.10. The number of hydrogen-bond donors (Lipinski definition) is 2. The third-order valence-electron chi connectivity index (χ3n) is 5.73. The number of nitrogens with zero attached hydrogens (tertiary/aromatic N) is 2. The number of hydrogen-bond acceptors (Lipinski definition) is 5. The van der Waals surface area contributed by atoms with E-state index in [1.807, 2.05) is 0 Å². The van der Waals surface area contributed by atoms with Crippen LogP contribution >= 0.6 is 23.2 Å². The van der Waals surface area contributed by atoms with Gasteiger partial charge in [0.05, 0.1) is 32.2 Å². The zero-order valence-corrected chi connectivity index (χ0v) is 18.5. The quantitative estimate of drug-likeness (QED) is 0.549. The number of anilines is 1. The lowest BCUT2D eigenvalue weighted by Gasteiger charge is -2.21. The average molecular weight is 473 g/mol. The Morgan fingerprint density at radius 2 is 1.88 bits per heavy atom. The number of rotatable bonds is 4. The molecule has 32 heavy (non-hydrogen) atoms. The first-order valence-corrected chi connectivity index (χ1v) is 10.9. The number of imide groups is 1. The molecule has 0 bridgehead atoms. The Morgan fingerprint density at radius 3 is 2.50 bits per heavy atom. The van der Waals surface area contributed by atoms with Crippen molar-refractivity contribution in [1.82, 2.24) is 14.9 Å². The van der Waals surface area contributed by atoms with E-state index in [-0.39, 0.29) is 27.3 Å². The third kappa shape index (κ3) is 3.44. The average Bonchev–Trinajstić information content (AvgIpc) is 3.48. The molecule has 1 aromatic heterocycles. The summed E-state index contributed by atoms with van der Waals surface area (Å²) in [6, 6.07) is 6.92. The van der Waals surface area contributed by atoms with E-state index < -0.39 is 23.8 Å². The molecule has 2 aliphatic rings. The second-order valence-electron chi connectivity index (χ2n) is 7.81. The highest BCUT2D eigenvalue weighted by Gasteiger charge is 2.41. The number of H-pyrrole nitrogens is 1. The normalized spacial score (nSPS) is 19.0. The molecule has 10 heteroatoms. The van der Waals surface area contributed by atoms with Gasteiger partial charge in [-0.05, 0) is 50.1 Å². The van der Waals surface area contributed by atoms with E-state index in [4.69, 9.17) is 27.9 Å². The van der Waals surface area contributed by atoms with E-state index in [9.17, 15) is 14.4 Å². The van der Waals surface area contributed by atoms with E-state index in [0.29, 0.717) is 5.69 Å². The smallest absolute Gasteiger partial charge is 0.262 e. The second kappa shape index (κ2) is 7.88. The van der Waals surface area contributed by atoms with Crippen molar-refractivity contribution in [2.75, 3.05) is 11.9 Å². The Labute approximate surface area is 192 Å². The minimum absolute atomic E-state index is 0.0451. The van der Waals surface area contributed by atoms with Crippen molar-refractivity contribution in [2.45, 2.75) is 31.9 Å². The maximum Gasteiger partial charge on any atom is 0.262 e. The van der Waals surface area contributed by atoms with Gasteiger partial charge in [-0.2, -0.15) is 0 Å². The van der Waals surface area contributed by atoms with Crippen molar-refractivity contribution < 1.29 is 19.1 Å². The SMILES string of the molecule is CC(C(=O)Nc1ccc2nc(C3CCCO3)[nH]c2c1)N1C(=O)c2cc(Cl)c(Cl)cc2C1=O. The second-order valence-corrected chi connectivity index (χ2v) is 8.63. The summed E-state index contributed by atoms with van der Waals surface area (Å²) in [5.41, 5.74) is 2.29. The zero-order chi connectivity index (χ0) is 22.6. The lowest BCUT2D eigenvalue weighted by Crippen LogP contribution is -2.45. The number of imidazole rings is 1. The van der Waals surface area contributed by atoms with Gasteiger partial charge in [0, 0.05) is 12.3 Å². The topological polar surface area (TPSA) is 104 Å². The Bertz CT molecular complexity index is 1240. The first-order chi connectivity index (χ1) is 15.3. The predicted octanol–water partition coefficient (Wildman–Crippen LogP) is 4.34. The monoisotopic (exact) mass is 472 g/mol. The Morgan fingerprint density at radius 1 is 1.19 bits per heavy atom. The number of nitrogens with one attached hydrogen (secondary N) is 2. The maximum absolute atomic E-state index is 12.9. The first-order valence-electron chi connectivity index (χ1n) is 10.1. The summed E-state index contributed by atoms with van der Waals surface area (Å²) in [5.74, 6) is -0.916. The van der Waals surface area contributed by atoms with Crippen molar-refractivity contribution in [1.29, 1.82) is 0 Å². The molecule has 0 radical (unpaired) electrons. The number of aromatic nitrogens is 2. The summed E-state index contributed by atoms with van der Waals surface area (Å²) in [6.45, 7) is 2.21. The zero-order valence-electron chi connectivity index (χ0n) is 16.9. The van der Waals surface area contributed by atoms with Gasteiger partial charge < -0.3 is 15.0 Å². The van der Waals surface area contributed by atoms with Gasteiger partial charge in [0.25, 0.3) is 11.8 Å². The largest absolute Gasteiger partial charge is 0.370 e. The summed E-state index contributed by atoms with van der Waals surface area (Å²) in [7, 11) is 0. The summed E-state index contributed by atoms with van der Waals surface area (Å²) < 4.78 is 5.66. The fourth-order valence-electron chi connectivity index (χ4n) is 4.02. The van der Waals surface area contributed by atoms with Crippen LogP contribution in [0.3, 0.4) is 0 Å². The van der Waals surface area contributed by atoms with Crippen LogP contribution in [0.4, 0.5) is 5.69 Å². The van der Waals surface area contributed by atoms with Gasteiger partial charge in [0.2, 0.25) is 5.91 Å². The number of halogens is 2. The van der Waals surface area contributed by atoms with Crippen molar-refractivity contribution in [3.05, 3.63) is 57.3 Å². The molecule has 2 aliphatic heterocycles. The van der Waals surface area contributed by atoms with Crippen molar-refractivity contribution in [2.24, 2.45) is 0 Å². The number of amides is 3. The van der Waals surface area contributed by atoms with Crippen LogP contribution in [0, 0.1) is 0 Å². The molecule has 0 aliphatic carbocycles. The van der Waals surface area contributed by atoms with Crippen LogP contribution in [0.2, 0.25) is 10.0 Å². The fourth-order valence-corrected chi connectivity index (χ4v) is 4.35. The van der Waals surface area contributed by atoms with Crippen LogP contribution in [-0.2, 0) is 9.53 Å². The summed E-state index contributed by atoms with van der Waals surface area (Å²) >= 11 is 12.0. The molecule has 3 aromatic rings. The molecule has 2 atom stereocenters. The highest BCUT2D eigenvalue weighted by atomic mass is 35.5. The maximum atomic E-state index is 12.9. The predicted molar refractivity (Wildman–Crippen MR) is 119 cm³/mol. The minimum Gasteiger partial charge on any atom is -0.370 e. The van der Waals surface area contributed by atoms with Gasteiger partial charge in [-0.1, -0.05) is 23.2 Å². The molecule has 2 N–H and O–H groups in total. The van der Waals surface area contributed by atoms with Crippen LogP contribution < -0.4 is 5.32 Å². The molecule has 1 fully saturated rings. The van der Waals surface area contributed by atoms with E-state index in [1.165, 1.54) is 19.1 Å². The summed E-state index contributed by atoms with van der Waals surface area (Å²) in [6.07, 6.45) is 1.87.